The van der Waals surface area contributed by atoms with Crippen LogP contribution in [0.1, 0.15) is 36.6 Å². The molecule has 0 bridgehead atoms. The number of nitrogens with zero attached hydrogens (tertiary/aromatic N) is 1. The maximum Gasteiger partial charge on any atom is 0.311 e. The number of nitrogens with one attached hydrogen (secondary N) is 1. The lowest BCUT2D eigenvalue weighted by molar-refractivity contribution is -0.160. The minimum atomic E-state index is -0.568. The highest BCUT2D eigenvalue weighted by Gasteiger charge is 2.49. The molecule has 146 valence electrons. The fraction of sp³-hybridized carbons (Fsp3) is 0.571. The van der Waals surface area contributed by atoms with E-state index in [9.17, 15) is 9.90 Å². The van der Waals surface area contributed by atoms with Gasteiger partial charge < -0.3 is 14.8 Å². The van der Waals surface area contributed by atoms with E-state index >= 15 is 0 Å². The molecule has 1 aliphatic carbocycles. The summed E-state index contributed by atoms with van der Waals surface area (Å²) in [7, 11) is 1.43. The third kappa shape index (κ3) is 2.87. The zero-order valence-electron chi connectivity index (χ0n) is 15.6. The molecule has 3 aliphatic rings. The molecule has 1 saturated carbocycles. The van der Waals surface area contributed by atoms with Gasteiger partial charge in [0.25, 0.3) is 0 Å². The minimum absolute atomic E-state index is 0. The van der Waals surface area contributed by atoms with Crippen LogP contribution in [0, 0.1) is 17.8 Å². The highest BCUT2D eigenvalue weighted by atomic mass is 35.5. The van der Waals surface area contributed by atoms with E-state index < -0.39 is 6.10 Å². The Labute approximate surface area is 165 Å². The number of carbonyl (C=O) groups excluding carboxylic acids is 1. The van der Waals surface area contributed by atoms with Crippen molar-refractivity contribution in [3.63, 3.8) is 0 Å². The van der Waals surface area contributed by atoms with Crippen molar-refractivity contribution in [3.05, 3.63) is 35.5 Å². The number of aromatic nitrogens is 1. The van der Waals surface area contributed by atoms with Gasteiger partial charge in [-0.3, -0.25) is 9.69 Å². The van der Waals surface area contributed by atoms with Gasteiger partial charge in [-0.05, 0) is 49.1 Å². The highest BCUT2D eigenvalue weighted by molar-refractivity contribution is 5.85. The summed E-state index contributed by atoms with van der Waals surface area (Å²) >= 11 is 0. The number of halogens is 1. The molecule has 2 aliphatic heterocycles. The summed E-state index contributed by atoms with van der Waals surface area (Å²) in [4.78, 5) is 18.6. The van der Waals surface area contributed by atoms with Crippen LogP contribution in [-0.2, 0) is 16.0 Å². The molecule has 0 spiro atoms. The Kier molecular flexibility index (Phi) is 4.95. The molecule has 27 heavy (non-hydrogen) atoms. The Bertz CT molecular complexity index is 851. The molecule has 1 aromatic carbocycles. The first-order chi connectivity index (χ1) is 12.7. The Morgan fingerprint density at radius 3 is 2.93 bits per heavy atom. The van der Waals surface area contributed by atoms with Crippen LogP contribution in [0.2, 0.25) is 0 Å². The molecule has 5 rings (SSSR count). The van der Waals surface area contributed by atoms with Crippen LogP contribution >= 0.6 is 12.4 Å². The number of esters is 1. The summed E-state index contributed by atoms with van der Waals surface area (Å²) < 4.78 is 5.04. The van der Waals surface area contributed by atoms with Gasteiger partial charge in [0, 0.05) is 29.7 Å². The van der Waals surface area contributed by atoms with Gasteiger partial charge in [0.1, 0.15) is 0 Å². The van der Waals surface area contributed by atoms with Crippen LogP contribution in [0.5, 0.6) is 0 Å². The zero-order chi connectivity index (χ0) is 17.8. The van der Waals surface area contributed by atoms with Crippen molar-refractivity contribution in [1.82, 2.24) is 9.88 Å². The number of carbonyl (C=O) groups is 1. The largest absolute Gasteiger partial charge is 0.469 e. The first kappa shape index (κ1) is 18.8. The summed E-state index contributed by atoms with van der Waals surface area (Å²) in [6.45, 7) is 2.10. The Hall–Kier alpha value is -1.56. The Balaban J connectivity index is 0.00000180. The van der Waals surface area contributed by atoms with Gasteiger partial charge >= 0.3 is 5.97 Å². The number of fused-ring (bicyclic) bond motifs is 6. The van der Waals surface area contributed by atoms with Crippen molar-refractivity contribution in [2.75, 3.05) is 20.2 Å². The second-order valence-corrected chi connectivity index (χ2v) is 8.18. The number of benzene rings is 1. The number of rotatable bonds is 1. The van der Waals surface area contributed by atoms with Gasteiger partial charge in [-0.15, -0.1) is 12.4 Å². The van der Waals surface area contributed by atoms with Crippen molar-refractivity contribution in [3.8, 4) is 0 Å². The summed E-state index contributed by atoms with van der Waals surface area (Å²) in [5.41, 5.74) is 3.96. The van der Waals surface area contributed by atoms with Crippen LogP contribution in [-0.4, -0.2) is 47.3 Å². The van der Waals surface area contributed by atoms with Crippen LogP contribution < -0.4 is 0 Å². The van der Waals surface area contributed by atoms with E-state index in [1.54, 1.807) is 0 Å². The number of aliphatic hydroxyl groups excluding tert-OH is 1. The van der Waals surface area contributed by atoms with Gasteiger partial charge in [-0.1, -0.05) is 18.2 Å². The van der Waals surface area contributed by atoms with Gasteiger partial charge in [0.15, 0.2) is 0 Å². The van der Waals surface area contributed by atoms with Gasteiger partial charge in [0.2, 0.25) is 0 Å². The fourth-order valence-electron chi connectivity index (χ4n) is 5.80. The van der Waals surface area contributed by atoms with Crippen molar-refractivity contribution in [2.24, 2.45) is 17.8 Å². The lowest BCUT2D eigenvalue weighted by Gasteiger charge is -2.50. The SMILES string of the molecule is COC(=O)[C@H]1C2CC3c4[nH]c5ccccc5c4CCN3CC2CC[C@@H]1O.Cl. The predicted octanol–water partition coefficient (Wildman–Crippen LogP) is 3.07. The maximum absolute atomic E-state index is 12.4. The molecule has 3 unspecified atom stereocenters. The molecule has 6 heteroatoms. The summed E-state index contributed by atoms with van der Waals surface area (Å²) in [6.07, 6.45) is 3.14. The molecule has 2 fully saturated rings. The van der Waals surface area contributed by atoms with Crippen LogP contribution in [0.15, 0.2) is 24.3 Å². The first-order valence-corrected chi connectivity index (χ1v) is 9.76. The maximum atomic E-state index is 12.4. The number of aromatic amines is 1. The normalized spacial score (nSPS) is 32.7. The van der Waals surface area contributed by atoms with Gasteiger partial charge in [0.05, 0.1) is 25.2 Å². The quantitative estimate of drug-likeness (QED) is 0.734. The minimum Gasteiger partial charge on any atom is -0.469 e. The van der Waals surface area contributed by atoms with E-state index in [0.29, 0.717) is 18.4 Å². The molecule has 0 radical (unpaired) electrons. The second kappa shape index (κ2) is 7.12. The highest BCUT2D eigenvalue weighted by Crippen LogP contribution is 2.49. The number of ether oxygens (including phenoxy) is 1. The van der Waals surface area contributed by atoms with Crippen LogP contribution in [0.25, 0.3) is 10.9 Å². The predicted molar refractivity (Wildman–Crippen MR) is 106 cm³/mol. The average molecular weight is 391 g/mol. The van der Waals surface area contributed by atoms with Gasteiger partial charge in [-0.2, -0.15) is 0 Å². The topological polar surface area (TPSA) is 65.6 Å². The zero-order valence-corrected chi connectivity index (χ0v) is 16.4. The van der Waals surface area contributed by atoms with Crippen LogP contribution in [0.4, 0.5) is 0 Å². The molecule has 2 aromatic rings. The Morgan fingerprint density at radius 2 is 2.11 bits per heavy atom. The number of hydrogen-bond donors (Lipinski definition) is 2. The van der Waals surface area contributed by atoms with Crippen molar-refractivity contribution < 1.29 is 14.6 Å². The van der Waals surface area contributed by atoms with E-state index in [2.05, 4.69) is 34.1 Å². The fourth-order valence-corrected chi connectivity index (χ4v) is 5.80. The first-order valence-electron chi connectivity index (χ1n) is 9.76. The third-order valence-electron chi connectivity index (χ3n) is 7.02. The standard InChI is InChI=1S/C21H26N2O3.ClH/c1-26-21(25)19-15-10-17-20-14(13-4-2-3-5-16(13)22-20)8-9-23(17)11-12(15)6-7-18(19)24;/h2-5,12,15,17-19,22,24H,6-11H2,1H3;1H/t12?,15?,17?,18-,19-;/m0./s1. The lowest BCUT2D eigenvalue weighted by Crippen LogP contribution is -2.53. The molecule has 0 amide bonds. The molecular formula is C21H27ClN2O3. The van der Waals surface area contributed by atoms with E-state index in [4.69, 9.17) is 4.74 Å². The lowest BCUT2D eigenvalue weighted by atomic mass is 9.65. The molecule has 3 heterocycles. The van der Waals surface area contributed by atoms with E-state index in [1.807, 2.05) is 0 Å². The number of hydrogen-bond acceptors (Lipinski definition) is 4. The number of H-pyrrole nitrogens is 1. The molecule has 5 atom stereocenters. The van der Waals surface area contributed by atoms with E-state index in [0.717, 1.165) is 32.4 Å². The molecule has 1 aromatic heterocycles. The second-order valence-electron chi connectivity index (χ2n) is 8.18. The summed E-state index contributed by atoms with van der Waals surface area (Å²) in [5.74, 6) is 0.0541. The van der Waals surface area contributed by atoms with Crippen molar-refractivity contribution in [2.45, 2.75) is 37.8 Å². The average Bonchev–Trinajstić information content (AvgIpc) is 3.05. The van der Waals surface area contributed by atoms with E-state index in [-0.39, 0.29) is 30.2 Å². The van der Waals surface area contributed by atoms with Crippen molar-refractivity contribution >= 4 is 29.3 Å². The Morgan fingerprint density at radius 1 is 1.30 bits per heavy atom. The smallest absolute Gasteiger partial charge is 0.311 e. The summed E-state index contributed by atoms with van der Waals surface area (Å²) in [5, 5.41) is 11.8. The molecule has 5 nitrogen and oxygen atoms in total. The summed E-state index contributed by atoms with van der Waals surface area (Å²) in [6, 6.07) is 8.83. The molecule has 1 saturated heterocycles. The monoisotopic (exact) mass is 390 g/mol. The van der Waals surface area contributed by atoms with Crippen molar-refractivity contribution in [1.29, 1.82) is 0 Å². The number of para-hydroxylation sites is 1. The molecular weight excluding hydrogens is 364 g/mol. The van der Waals surface area contributed by atoms with E-state index in [1.165, 1.54) is 29.3 Å². The number of aliphatic hydroxyl groups is 1. The third-order valence-corrected chi connectivity index (χ3v) is 7.02. The number of methoxy groups -OCH3 is 1. The molecule has 2 N–H and O–H groups in total. The number of piperidine rings is 1. The van der Waals surface area contributed by atoms with Crippen LogP contribution in [0.3, 0.4) is 0 Å². The van der Waals surface area contributed by atoms with Gasteiger partial charge in [-0.25, -0.2) is 0 Å².